The number of phenols is 1. The third kappa shape index (κ3) is 4.10. The van der Waals surface area contributed by atoms with E-state index in [-0.39, 0.29) is 11.3 Å². The highest BCUT2D eigenvalue weighted by Crippen LogP contribution is 2.57. The molecule has 12 heteroatoms. The minimum absolute atomic E-state index is 0.0435. The quantitative estimate of drug-likeness (QED) is 0.194. The van der Waals surface area contributed by atoms with Gasteiger partial charge in [0.05, 0.1) is 23.6 Å². The molecule has 3 aliphatic carbocycles. The number of nitrogens with one attached hydrogen (secondary N) is 1. The lowest BCUT2D eigenvalue weighted by Gasteiger charge is -2.55. The Morgan fingerprint density at radius 1 is 1.07 bits per heavy atom. The number of nitrogens with two attached hydrogens (primary N) is 1. The van der Waals surface area contributed by atoms with E-state index in [0.29, 0.717) is 11.3 Å². The van der Waals surface area contributed by atoms with Gasteiger partial charge in [-0.25, -0.2) is 0 Å². The van der Waals surface area contributed by atoms with E-state index in [0.717, 1.165) is 0 Å². The fraction of sp³-hybridized carbons (Fsp3) is 0.345. The number of hydrogen-bond acceptors (Lipinski definition) is 11. The molecule has 12 nitrogen and oxygen atoms in total. The molecule has 7 atom stereocenters. The molecule has 1 unspecified atom stereocenters. The van der Waals surface area contributed by atoms with Crippen molar-refractivity contribution in [3.8, 4) is 5.75 Å². The number of phenolic OH excluding ortho intramolecular Hbond substituents is 1. The number of ketones is 2. The predicted octanol–water partition coefficient (Wildman–Crippen LogP) is 0.908. The van der Waals surface area contributed by atoms with Gasteiger partial charge >= 0.3 is 0 Å². The largest absolute Gasteiger partial charge is 0.508 e. The SMILES string of the molecule is C[C@H]1c2cccc(O)c2C(O)=C2C(=O)[C@]3(O)C(O)=C(C(N)=O)C(=O)[C@@H](N(C)C)[C@@H]3[C@@H](OC(O)Nc3ccccc3)[C@@H]21. The van der Waals surface area contributed by atoms with Crippen LogP contribution in [0.25, 0.3) is 5.76 Å². The summed E-state index contributed by atoms with van der Waals surface area (Å²) in [4.78, 5) is 41.5. The summed E-state index contributed by atoms with van der Waals surface area (Å²) in [6.45, 7) is 1.71. The summed E-state index contributed by atoms with van der Waals surface area (Å²) in [5.41, 5.74) is 1.97. The third-order valence-corrected chi connectivity index (χ3v) is 8.32. The Morgan fingerprint density at radius 2 is 1.73 bits per heavy atom. The Hall–Kier alpha value is -4.23. The molecule has 0 radical (unpaired) electrons. The highest BCUT2D eigenvalue weighted by Gasteiger charge is 2.69. The molecule has 0 saturated heterocycles. The van der Waals surface area contributed by atoms with Gasteiger partial charge in [0, 0.05) is 17.2 Å². The first-order chi connectivity index (χ1) is 19.3. The second kappa shape index (κ2) is 10.00. The molecular formula is C29H31N3O9. The molecule has 8 N–H and O–H groups in total. The van der Waals surface area contributed by atoms with Crippen molar-refractivity contribution in [2.75, 3.05) is 19.4 Å². The number of carbonyl (C=O) groups is 3. The molecule has 3 aliphatic rings. The number of amides is 1. The van der Waals surface area contributed by atoms with Crippen LogP contribution in [0.3, 0.4) is 0 Å². The van der Waals surface area contributed by atoms with Gasteiger partial charge in [-0.3, -0.25) is 19.3 Å². The molecule has 0 bridgehead atoms. The zero-order valence-corrected chi connectivity index (χ0v) is 22.5. The van der Waals surface area contributed by atoms with Crippen LogP contribution >= 0.6 is 0 Å². The first-order valence-corrected chi connectivity index (χ1v) is 12.9. The summed E-state index contributed by atoms with van der Waals surface area (Å²) >= 11 is 0. The number of primary amides is 1. The van der Waals surface area contributed by atoms with Crippen LogP contribution in [0.4, 0.5) is 5.69 Å². The van der Waals surface area contributed by atoms with Gasteiger partial charge in [0.1, 0.15) is 22.8 Å². The van der Waals surface area contributed by atoms with Crippen molar-refractivity contribution >= 4 is 28.9 Å². The molecule has 2 aromatic carbocycles. The Bertz CT molecular complexity index is 1500. The van der Waals surface area contributed by atoms with E-state index in [1.54, 1.807) is 49.4 Å². The fourth-order valence-electron chi connectivity index (χ4n) is 6.57. The smallest absolute Gasteiger partial charge is 0.255 e. The number of benzene rings is 2. The van der Waals surface area contributed by atoms with E-state index < -0.39 is 82.1 Å². The monoisotopic (exact) mass is 565 g/mol. The van der Waals surface area contributed by atoms with Gasteiger partial charge in [0.15, 0.2) is 11.4 Å². The first kappa shape index (κ1) is 28.3. The number of likely N-dealkylation sites (N-methyl/N-ethyl adjacent to an activating group) is 1. The van der Waals surface area contributed by atoms with Crippen molar-refractivity contribution < 1.29 is 44.7 Å². The second-order valence-corrected chi connectivity index (χ2v) is 10.8. The minimum atomic E-state index is -2.97. The van der Waals surface area contributed by atoms with E-state index in [1.165, 1.54) is 25.1 Å². The van der Waals surface area contributed by atoms with Crippen molar-refractivity contribution in [2.45, 2.75) is 37.0 Å². The number of ether oxygens (including phenoxy) is 1. The van der Waals surface area contributed by atoms with Crippen molar-refractivity contribution in [2.24, 2.45) is 17.6 Å². The molecule has 1 fully saturated rings. The van der Waals surface area contributed by atoms with Crippen LogP contribution in [0.1, 0.15) is 24.0 Å². The van der Waals surface area contributed by atoms with E-state index in [2.05, 4.69) is 5.32 Å². The average Bonchev–Trinajstić information content (AvgIpc) is 2.90. The summed E-state index contributed by atoms with van der Waals surface area (Å²) in [6, 6.07) is 11.6. The van der Waals surface area contributed by atoms with Gasteiger partial charge in [0.2, 0.25) is 12.2 Å². The minimum Gasteiger partial charge on any atom is -0.508 e. The number of para-hydroxylation sites is 1. The molecule has 1 amide bonds. The molecule has 1 saturated carbocycles. The van der Waals surface area contributed by atoms with Gasteiger partial charge in [-0.1, -0.05) is 37.3 Å². The number of aromatic hydroxyl groups is 1. The maximum absolute atomic E-state index is 14.2. The van der Waals surface area contributed by atoms with Crippen molar-refractivity contribution in [3.05, 3.63) is 76.6 Å². The van der Waals surface area contributed by atoms with Gasteiger partial charge in [0.25, 0.3) is 5.91 Å². The lowest BCUT2D eigenvalue weighted by Crippen LogP contribution is -2.71. The summed E-state index contributed by atoms with van der Waals surface area (Å²) in [5.74, 6) is -9.06. The lowest BCUT2D eigenvalue weighted by atomic mass is 9.54. The Balaban J connectivity index is 1.77. The van der Waals surface area contributed by atoms with Crippen LogP contribution in [0, 0.1) is 11.8 Å². The number of hydrogen-bond donors (Lipinski definition) is 7. The van der Waals surface area contributed by atoms with Gasteiger partial charge in [-0.2, -0.15) is 0 Å². The van der Waals surface area contributed by atoms with E-state index in [4.69, 9.17) is 10.5 Å². The van der Waals surface area contributed by atoms with Crippen LogP contribution in [0.15, 0.2) is 65.4 Å². The molecule has 0 heterocycles. The van der Waals surface area contributed by atoms with E-state index in [1.807, 2.05) is 0 Å². The zero-order valence-electron chi connectivity index (χ0n) is 22.5. The Morgan fingerprint density at radius 3 is 2.34 bits per heavy atom. The third-order valence-electron chi connectivity index (χ3n) is 8.32. The topological polar surface area (TPSA) is 203 Å². The van der Waals surface area contributed by atoms with Crippen molar-refractivity contribution in [3.63, 3.8) is 0 Å². The molecule has 5 rings (SSSR count). The molecule has 216 valence electrons. The van der Waals surface area contributed by atoms with Gasteiger partial charge < -0.3 is 41.3 Å². The fourth-order valence-corrected chi connectivity index (χ4v) is 6.57. The second-order valence-electron chi connectivity index (χ2n) is 10.8. The van der Waals surface area contributed by atoms with Crippen LogP contribution in [-0.4, -0.2) is 86.2 Å². The van der Waals surface area contributed by atoms with E-state index in [9.17, 15) is 39.9 Å². The number of nitrogens with zero attached hydrogens (tertiary/aromatic N) is 1. The summed E-state index contributed by atoms with van der Waals surface area (Å²) < 4.78 is 6.08. The van der Waals surface area contributed by atoms with Gasteiger partial charge in [-0.15, -0.1) is 0 Å². The van der Waals surface area contributed by atoms with Crippen LogP contribution in [0.5, 0.6) is 5.75 Å². The predicted molar refractivity (Wildman–Crippen MR) is 145 cm³/mol. The average molecular weight is 566 g/mol. The number of aliphatic hydroxyl groups excluding tert-OH is 3. The normalized spacial score (nSPS) is 30.0. The van der Waals surface area contributed by atoms with Gasteiger partial charge in [-0.05, 0) is 43.8 Å². The molecule has 0 aliphatic heterocycles. The molecule has 0 aromatic heterocycles. The first-order valence-electron chi connectivity index (χ1n) is 12.9. The lowest BCUT2D eigenvalue weighted by molar-refractivity contribution is -0.206. The number of Topliss-reactive ketones (excluding diaryl/α,β-unsaturated/α-hetero) is 2. The number of anilines is 1. The molecule has 2 aromatic rings. The summed E-state index contributed by atoms with van der Waals surface area (Å²) in [6.07, 6.45) is -3.16. The maximum Gasteiger partial charge on any atom is 0.255 e. The van der Waals surface area contributed by atoms with E-state index >= 15 is 0 Å². The van der Waals surface area contributed by atoms with Crippen molar-refractivity contribution in [1.29, 1.82) is 0 Å². The molecular weight excluding hydrogens is 534 g/mol. The van der Waals surface area contributed by atoms with Crippen LogP contribution < -0.4 is 11.1 Å². The maximum atomic E-state index is 14.2. The zero-order chi connectivity index (χ0) is 30.0. The number of fused-ring (bicyclic) bond motifs is 3. The summed E-state index contributed by atoms with van der Waals surface area (Å²) in [5, 5.41) is 59.0. The number of rotatable bonds is 6. The summed E-state index contributed by atoms with van der Waals surface area (Å²) in [7, 11) is 2.95. The molecule has 41 heavy (non-hydrogen) atoms. The Kier molecular flexibility index (Phi) is 6.90. The number of aliphatic hydroxyl groups is 4. The number of carbonyl (C=O) groups excluding carboxylic acids is 3. The highest BCUT2D eigenvalue weighted by molar-refractivity contribution is 6.24. The standard InChI is InChI=1S/C29H31N3O9/c1-12-14-10-7-11-15(33)17(14)22(34)18-16(12)24(41-28(39)31-13-8-5-4-6-9-13)20-21(32(2)3)23(35)19(27(30)38)26(37)29(20,40)25(18)36/h4-12,16,20-21,24,28,31,33-34,37,39-40H,1-3H3,(H2,30,38)/t12-,16+,20+,21-,24-,28?,29-/m0/s1. The highest BCUT2D eigenvalue weighted by atomic mass is 16.6. The van der Waals surface area contributed by atoms with Crippen molar-refractivity contribution in [1.82, 2.24) is 4.90 Å². The van der Waals surface area contributed by atoms with Crippen LogP contribution in [-0.2, 0) is 19.1 Å². The van der Waals surface area contributed by atoms with Crippen LogP contribution in [0.2, 0.25) is 0 Å². The molecule has 0 spiro atoms. The Labute approximate surface area is 235 Å².